The van der Waals surface area contributed by atoms with E-state index in [1.54, 1.807) is 6.20 Å². The fourth-order valence-corrected chi connectivity index (χ4v) is 5.01. The van der Waals surface area contributed by atoms with Crippen LogP contribution in [0.4, 0.5) is 0 Å². The van der Waals surface area contributed by atoms with Crippen molar-refractivity contribution in [2.75, 3.05) is 25.6 Å². The highest BCUT2D eigenvalue weighted by Crippen LogP contribution is 2.40. The highest BCUT2D eigenvalue weighted by atomic mass is 32.2. The topological polar surface area (TPSA) is 51.7 Å². The van der Waals surface area contributed by atoms with Gasteiger partial charge in [-0.25, -0.2) is 0 Å². The van der Waals surface area contributed by atoms with E-state index in [1.165, 1.54) is 5.56 Å². The second-order valence-electron chi connectivity index (χ2n) is 6.93. The SMILES string of the molecule is O=C(c1nccc2ccccc12)N1CCSC(c2ccc3c(c2)OCO3)CC1. The van der Waals surface area contributed by atoms with Gasteiger partial charge in [0.15, 0.2) is 11.5 Å². The number of carbonyl (C=O) groups excluding carboxylic acids is 1. The smallest absolute Gasteiger partial charge is 0.273 e. The molecule has 1 unspecified atom stereocenters. The average Bonchev–Trinajstić information content (AvgIpc) is 3.07. The van der Waals surface area contributed by atoms with Crippen molar-refractivity contribution >= 4 is 28.4 Å². The molecule has 2 aliphatic rings. The third-order valence-electron chi connectivity index (χ3n) is 5.27. The number of carbonyl (C=O) groups is 1. The van der Waals surface area contributed by atoms with Crippen LogP contribution in [0.25, 0.3) is 10.8 Å². The van der Waals surface area contributed by atoms with Gasteiger partial charge in [0.1, 0.15) is 5.69 Å². The number of amides is 1. The number of fused-ring (bicyclic) bond motifs is 2. The van der Waals surface area contributed by atoms with E-state index in [0.29, 0.717) is 10.9 Å². The first-order valence-electron chi connectivity index (χ1n) is 9.44. The third-order valence-corrected chi connectivity index (χ3v) is 6.60. The van der Waals surface area contributed by atoms with Gasteiger partial charge in [0.2, 0.25) is 6.79 Å². The zero-order valence-electron chi connectivity index (χ0n) is 15.3. The molecule has 6 heteroatoms. The van der Waals surface area contributed by atoms with Gasteiger partial charge in [-0.2, -0.15) is 11.8 Å². The van der Waals surface area contributed by atoms with Crippen molar-refractivity contribution in [2.24, 2.45) is 0 Å². The van der Waals surface area contributed by atoms with E-state index in [-0.39, 0.29) is 12.7 Å². The Hall–Kier alpha value is -2.73. The number of ether oxygens (including phenoxy) is 2. The molecule has 1 amide bonds. The molecule has 0 N–H and O–H groups in total. The molecule has 1 aromatic heterocycles. The lowest BCUT2D eigenvalue weighted by Crippen LogP contribution is -2.33. The van der Waals surface area contributed by atoms with E-state index in [4.69, 9.17) is 9.47 Å². The first-order chi connectivity index (χ1) is 13.8. The minimum Gasteiger partial charge on any atom is -0.454 e. The molecular formula is C22H20N2O3S. The van der Waals surface area contributed by atoms with E-state index in [9.17, 15) is 4.79 Å². The van der Waals surface area contributed by atoms with Crippen LogP contribution in [0.1, 0.15) is 27.7 Å². The van der Waals surface area contributed by atoms with Gasteiger partial charge >= 0.3 is 0 Å². The zero-order valence-corrected chi connectivity index (χ0v) is 16.2. The van der Waals surface area contributed by atoms with E-state index in [2.05, 4.69) is 17.1 Å². The van der Waals surface area contributed by atoms with E-state index in [0.717, 1.165) is 47.5 Å². The van der Waals surface area contributed by atoms with Gasteiger partial charge in [-0.15, -0.1) is 0 Å². The minimum atomic E-state index is 0.0173. The summed E-state index contributed by atoms with van der Waals surface area (Å²) in [5.74, 6) is 2.54. The second-order valence-corrected chi connectivity index (χ2v) is 8.24. The molecule has 0 radical (unpaired) electrons. The Morgan fingerprint density at radius 3 is 2.93 bits per heavy atom. The summed E-state index contributed by atoms with van der Waals surface area (Å²) in [6.07, 6.45) is 2.62. The molecule has 3 heterocycles. The fraction of sp³-hybridized carbons (Fsp3) is 0.273. The molecule has 0 bridgehead atoms. The van der Waals surface area contributed by atoms with Crippen LogP contribution in [-0.2, 0) is 0 Å². The molecular weight excluding hydrogens is 372 g/mol. The van der Waals surface area contributed by atoms with Crippen molar-refractivity contribution in [3.05, 3.63) is 66.0 Å². The molecule has 0 spiro atoms. The number of pyridine rings is 1. The van der Waals surface area contributed by atoms with E-state index in [1.807, 2.05) is 53.1 Å². The highest BCUT2D eigenvalue weighted by Gasteiger charge is 2.25. The van der Waals surface area contributed by atoms with Crippen LogP contribution in [0.15, 0.2) is 54.7 Å². The Labute approximate surface area is 167 Å². The number of benzene rings is 2. The monoisotopic (exact) mass is 392 g/mol. The van der Waals surface area contributed by atoms with Gasteiger partial charge in [0, 0.05) is 35.7 Å². The van der Waals surface area contributed by atoms with Crippen molar-refractivity contribution in [1.82, 2.24) is 9.88 Å². The van der Waals surface area contributed by atoms with Crippen LogP contribution in [0.3, 0.4) is 0 Å². The van der Waals surface area contributed by atoms with Gasteiger partial charge in [-0.1, -0.05) is 30.3 Å². The van der Waals surface area contributed by atoms with Gasteiger partial charge in [0.25, 0.3) is 5.91 Å². The number of aromatic nitrogens is 1. The molecule has 28 heavy (non-hydrogen) atoms. The quantitative estimate of drug-likeness (QED) is 0.651. The second kappa shape index (κ2) is 7.36. The van der Waals surface area contributed by atoms with Gasteiger partial charge in [-0.3, -0.25) is 9.78 Å². The molecule has 142 valence electrons. The number of thioether (sulfide) groups is 1. The summed E-state index contributed by atoms with van der Waals surface area (Å²) in [5.41, 5.74) is 1.77. The predicted molar refractivity (Wildman–Crippen MR) is 110 cm³/mol. The molecule has 5 rings (SSSR count). The van der Waals surface area contributed by atoms with Crippen molar-refractivity contribution in [3.8, 4) is 11.5 Å². The Morgan fingerprint density at radius 2 is 1.96 bits per heavy atom. The normalized spacial score (nSPS) is 18.9. The minimum absolute atomic E-state index is 0.0173. The molecule has 1 fully saturated rings. The molecule has 3 aromatic rings. The maximum absolute atomic E-state index is 13.2. The van der Waals surface area contributed by atoms with Crippen LogP contribution >= 0.6 is 11.8 Å². The lowest BCUT2D eigenvalue weighted by atomic mass is 10.1. The summed E-state index contributed by atoms with van der Waals surface area (Å²) in [4.78, 5) is 19.5. The van der Waals surface area contributed by atoms with Crippen LogP contribution in [-0.4, -0.2) is 41.4 Å². The van der Waals surface area contributed by atoms with E-state index >= 15 is 0 Å². The van der Waals surface area contributed by atoms with Crippen molar-refractivity contribution in [3.63, 3.8) is 0 Å². The molecule has 5 nitrogen and oxygen atoms in total. The predicted octanol–water partition coefficient (Wildman–Crippen LogP) is 4.28. The molecule has 2 aromatic carbocycles. The van der Waals surface area contributed by atoms with Gasteiger partial charge < -0.3 is 14.4 Å². The Morgan fingerprint density at radius 1 is 1.07 bits per heavy atom. The zero-order chi connectivity index (χ0) is 18.9. The summed E-state index contributed by atoms with van der Waals surface area (Å²) in [5, 5.41) is 2.30. The Bertz CT molecular complexity index is 1030. The van der Waals surface area contributed by atoms with E-state index < -0.39 is 0 Å². The first-order valence-corrected chi connectivity index (χ1v) is 10.5. The first kappa shape index (κ1) is 17.4. The van der Waals surface area contributed by atoms with Crippen LogP contribution in [0.2, 0.25) is 0 Å². The highest BCUT2D eigenvalue weighted by molar-refractivity contribution is 7.99. The lowest BCUT2D eigenvalue weighted by Gasteiger charge is -2.20. The summed E-state index contributed by atoms with van der Waals surface area (Å²) in [6, 6.07) is 16.0. The Kier molecular flexibility index (Phi) is 4.56. The fourth-order valence-electron chi connectivity index (χ4n) is 3.79. The average molecular weight is 392 g/mol. The molecule has 2 aliphatic heterocycles. The number of rotatable bonds is 2. The lowest BCUT2D eigenvalue weighted by molar-refractivity contribution is 0.0763. The maximum atomic E-state index is 13.2. The van der Waals surface area contributed by atoms with Crippen molar-refractivity contribution < 1.29 is 14.3 Å². The van der Waals surface area contributed by atoms with Crippen LogP contribution in [0.5, 0.6) is 11.5 Å². The van der Waals surface area contributed by atoms with Crippen molar-refractivity contribution in [2.45, 2.75) is 11.7 Å². The summed E-state index contributed by atoms with van der Waals surface area (Å²) in [6.45, 7) is 1.74. The summed E-state index contributed by atoms with van der Waals surface area (Å²) < 4.78 is 10.9. The number of hydrogen-bond acceptors (Lipinski definition) is 5. The van der Waals surface area contributed by atoms with Gasteiger partial charge in [-0.05, 0) is 35.6 Å². The van der Waals surface area contributed by atoms with Gasteiger partial charge in [0.05, 0.1) is 0 Å². The van der Waals surface area contributed by atoms with Crippen LogP contribution in [0, 0.1) is 0 Å². The standard InChI is InChI=1S/C22H20N2O3S/c25-22(21-17-4-2-1-3-15(17)7-9-23-21)24-10-8-20(28-12-11-24)16-5-6-18-19(13-16)27-14-26-18/h1-7,9,13,20H,8,10-12,14H2. The summed E-state index contributed by atoms with van der Waals surface area (Å²) in [7, 11) is 0. The molecule has 0 saturated carbocycles. The molecule has 1 saturated heterocycles. The number of nitrogens with zero attached hydrogens (tertiary/aromatic N) is 2. The molecule has 0 aliphatic carbocycles. The number of hydrogen-bond donors (Lipinski definition) is 0. The third kappa shape index (κ3) is 3.18. The summed E-state index contributed by atoms with van der Waals surface area (Å²) >= 11 is 1.89. The van der Waals surface area contributed by atoms with Crippen LogP contribution < -0.4 is 9.47 Å². The Balaban J connectivity index is 1.35. The molecule has 1 atom stereocenters. The maximum Gasteiger partial charge on any atom is 0.273 e. The largest absolute Gasteiger partial charge is 0.454 e. The van der Waals surface area contributed by atoms with Crippen molar-refractivity contribution in [1.29, 1.82) is 0 Å².